The highest BCUT2D eigenvalue weighted by Crippen LogP contribution is 2.20. The van der Waals surface area contributed by atoms with E-state index in [2.05, 4.69) is 20.3 Å². The van der Waals surface area contributed by atoms with Gasteiger partial charge in [0.2, 0.25) is 0 Å². The summed E-state index contributed by atoms with van der Waals surface area (Å²) in [5, 5.41) is 4.42. The minimum absolute atomic E-state index is 0.181. The van der Waals surface area contributed by atoms with Gasteiger partial charge in [0.1, 0.15) is 11.6 Å². The highest BCUT2D eigenvalue weighted by atomic mass is 16.2. The van der Waals surface area contributed by atoms with Crippen molar-refractivity contribution in [3.63, 3.8) is 0 Å². The van der Waals surface area contributed by atoms with Crippen LogP contribution >= 0.6 is 0 Å². The van der Waals surface area contributed by atoms with Gasteiger partial charge >= 0.3 is 5.69 Å². The lowest BCUT2D eigenvalue weighted by molar-refractivity contribution is 0.669. The topological polar surface area (TPSA) is 95.9 Å². The van der Waals surface area contributed by atoms with Gasteiger partial charge in [0, 0.05) is 43.3 Å². The van der Waals surface area contributed by atoms with E-state index in [1.54, 1.807) is 13.1 Å². The maximum absolute atomic E-state index is 12.0. The Balaban J connectivity index is 1.50. The predicted octanol–water partition coefficient (Wildman–Crippen LogP) is 1.19. The smallest absolute Gasteiger partial charge is 0.329 e. The molecule has 0 amide bonds. The third-order valence-electron chi connectivity index (χ3n) is 4.67. The molecule has 26 heavy (non-hydrogen) atoms. The van der Waals surface area contributed by atoms with Crippen LogP contribution in [0.2, 0.25) is 0 Å². The fraction of sp³-hybridized carbons (Fsp3) is 0.333. The lowest BCUT2D eigenvalue weighted by atomic mass is 10.2. The Hall–Kier alpha value is -3.16. The van der Waals surface area contributed by atoms with Crippen molar-refractivity contribution in [2.45, 2.75) is 25.9 Å². The Kier molecular flexibility index (Phi) is 4.16. The second-order valence-electron chi connectivity index (χ2n) is 6.36. The summed E-state index contributed by atoms with van der Waals surface area (Å²) in [6.45, 7) is 3.58. The van der Waals surface area contributed by atoms with Crippen molar-refractivity contribution in [2.75, 3.05) is 23.3 Å². The van der Waals surface area contributed by atoms with Gasteiger partial charge in [-0.25, -0.2) is 14.8 Å². The third kappa shape index (κ3) is 3.05. The van der Waals surface area contributed by atoms with Crippen LogP contribution in [0.25, 0.3) is 11.0 Å². The molecule has 0 unspecified atom stereocenters. The quantitative estimate of drug-likeness (QED) is 0.732. The summed E-state index contributed by atoms with van der Waals surface area (Å²) in [6, 6.07) is 9.47. The maximum Gasteiger partial charge on any atom is 0.329 e. The van der Waals surface area contributed by atoms with Gasteiger partial charge in [-0.05, 0) is 37.6 Å². The first-order valence-corrected chi connectivity index (χ1v) is 8.71. The molecule has 1 atom stereocenters. The Morgan fingerprint density at radius 1 is 1.31 bits per heavy atom. The molecule has 0 bridgehead atoms. The van der Waals surface area contributed by atoms with Crippen molar-refractivity contribution in [1.29, 1.82) is 0 Å². The molecule has 0 saturated carbocycles. The number of fused-ring (bicyclic) bond motifs is 1. The molecule has 1 fully saturated rings. The highest BCUT2D eigenvalue weighted by molar-refractivity contribution is 5.76. The first-order valence-electron chi connectivity index (χ1n) is 8.71. The Bertz CT molecular complexity index is 1030. The number of hydrogen-bond donors (Lipinski definition) is 2. The number of aromatic amines is 1. The SMILES string of the molecule is CCn1c(=O)cc(N2CC[C@H](Nc3ccc4cccnc4n3)C2)[nH]c1=O. The fourth-order valence-corrected chi connectivity index (χ4v) is 3.32. The molecule has 4 rings (SSSR count). The molecule has 0 aliphatic carbocycles. The maximum atomic E-state index is 12.0. The van der Waals surface area contributed by atoms with E-state index in [0.29, 0.717) is 24.6 Å². The molecule has 8 nitrogen and oxygen atoms in total. The number of nitrogens with one attached hydrogen (secondary N) is 2. The molecule has 8 heteroatoms. The summed E-state index contributed by atoms with van der Waals surface area (Å²) < 4.78 is 1.18. The van der Waals surface area contributed by atoms with Gasteiger partial charge in [-0.3, -0.25) is 14.3 Å². The average Bonchev–Trinajstić information content (AvgIpc) is 3.10. The van der Waals surface area contributed by atoms with E-state index in [-0.39, 0.29) is 17.3 Å². The van der Waals surface area contributed by atoms with Gasteiger partial charge in [0.25, 0.3) is 5.56 Å². The van der Waals surface area contributed by atoms with Crippen molar-refractivity contribution < 1.29 is 0 Å². The van der Waals surface area contributed by atoms with Crippen LogP contribution < -0.4 is 21.5 Å². The Labute approximate surface area is 149 Å². The van der Waals surface area contributed by atoms with Crippen LogP contribution in [0.4, 0.5) is 11.6 Å². The average molecular weight is 352 g/mol. The largest absolute Gasteiger partial charge is 0.365 e. The molecule has 0 spiro atoms. The van der Waals surface area contributed by atoms with E-state index >= 15 is 0 Å². The first-order chi connectivity index (χ1) is 12.6. The van der Waals surface area contributed by atoms with Crippen molar-refractivity contribution in [3.8, 4) is 0 Å². The Morgan fingerprint density at radius 3 is 3.00 bits per heavy atom. The zero-order valence-electron chi connectivity index (χ0n) is 14.5. The molecule has 3 aromatic heterocycles. The minimum Gasteiger partial charge on any atom is -0.365 e. The number of H-pyrrole nitrogens is 1. The molecule has 4 heterocycles. The zero-order valence-corrected chi connectivity index (χ0v) is 14.5. The summed E-state index contributed by atoms with van der Waals surface area (Å²) >= 11 is 0. The standard InChI is InChI=1S/C18H20N6O2/c1-2-24-16(25)10-15(22-18(24)26)23-9-7-13(11-23)20-14-6-5-12-4-3-8-19-17(12)21-14/h3-6,8,10,13H,2,7,9,11H2,1H3,(H,22,26)(H,19,20,21)/t13-/m0/s1. The van der Waals surface area contributed by atoms with E-state index in [1.165, 1.54) is 10.6 Å². The summed E-state index contributed by atoms with van der Waals surface area (Å²) in [4.78, 5) is 37.6. The first kappa shape index (κ1) is 16.3. The molecule has 1 saturated heterocycles. The van der Waals surface area contributed by atoms with Crippen molar-refractivity contribution in [3.05, 3.63) is 57.4 Å². The van der Waals surface area contributed by atoms with Gasteiger partial charge < -0.3 is 10.2 Å². The van der Waals surface area contributed by atoms with Crippen LogP contribution in [-0.2, 0) is 6.54 Å². The fourth-order valence-electron chi connectivity index (χ4n) is 3.32. The van der Waals surface area contributed by atoms with Gasteiger partial charge in [-0.15, -0.1) is 0 Å². The number of aromatic nitrogens is 4. The Morgan fingerprint density at radius 2 is 2.19 bits per heavy atom. The molecular formula is C18H20N6O2. The van der Waals surface area contributed by atoms with Crippen LogP contribution in [0.1, 0.15) is 13.3 Å². The lowest BCUT2D eigenvalue weighted by Gasteiger charge is -2.19. The highest BCUT2D eigenvalue weighted by Gasteiger charge is 2.24. The van der Waals surface area contributed by atoms with Gasteiger partial charge in [0.15, 0.2) is 5.65 Å². The molecule has 3 aromatic rings. The van der Waals surface area contributed by atoms with Crippen LogP contribution in [0.15, 0.2) is 46.1 Å². The van der Waals surface area contributed by atoms with E-state index in [9.17, 15) is 9.59 Å². The normalized spacial score (nSPS) is 17.0. The summed E-state index contributed by atoms with van der Waals surface area (Å²) in [6.07, 6.45) is 2.62. The molecule has 0 radical (unpaired) electrons. The van der Waals surface area contributed by atoms with E-state index < -0.39 is 0 Å². The van der Waals surface area contributed by atoms with Crippen LogP contribution in [0.5, 0.6) is 0 Å². The molecular weight excluding hydrogens is 332 g/mol. The second-order valence-corrected chi connectivity index (χ2v) is 6.36. The molecule has 134 valence electrons. The predicted molar refractivity (Wildman–Crippen MR) is 101 cm³/mol. The molecule has 0 aromatic carbocycles. The second kappa shape index (κ2) is 6.62. The lowest BCUT2D eigenvalue weighted by Crippen LogP contribution is -2.37. The van der Waals surface area contributed by atoms with Crippen LogP contribution in [-0.4, -0.2) is 38.7 Å². The van der Waals surface area contributed by atoms with Gasteiger partial charge in [-0.1, -0.05) is 0 Å². The number of hydrogen-bond acceptors (Lipinski definition) is 6. The van der Waals surface area contributed by atoms with Crippen LogP contribution in [0, 0.1) is 0 Å². The molecule has 1 aliphatic rings. The molecule has 1 aliphatic heterocycles. The van der Waals surface area contributed by atoms with Gasteiger partial charge in [-0.2, -0.15) is 0 Å². The van der Waals surface area contributed by atoms with E-state index in [0.717, 1.165) is 24.2 Å². The van der Waals surface area contributed by atoms with Crippen molar-refractivity contribution in [1.82, 2.24) is 19.5 Å². The summed E-state index contributed by atoms with van der Waals surface area (Å²) in [7, 11) is 0. The number of anilines is 2. The van der Waals surface area contributed by atoms with E-state index in [4.69, 9.17) is 0 Å². The molecule has 2 N–H and O–H groups in total. The zero-order chi connectivity index (χ0) is 18.1. The van der Waals surface area contributed by atoms with Crippen molar-refractivity contribution >= 4 is 22.7 Å². The van der Waals surface area contributed by atoms with E-state index in [1.807, 2.05) is 29.2 Å². The van der Waals surface area contributed by atoms with Gasteiger partial charge in [0.05, 0.1) is 0 Å². The van der Waals surface area contributed by atoms with Crippen LogP contribution in [0.3, 0.4) is 0 Å². The van der Waals surface area contributed by atoms with Crippen molar-refractivity contribution in [2.24, 2.45) is 0 Å². The summed E-state index contributed by atoms with van der Waals surface area (Å²) in [5.41, 5.74) is 0.0680. The monoisotopic (exact) mass is 352 g/mol. The summed E-state index contributed by atoms with van der Waals surface area (Å²) in [5.74, 6) is 1.35. The third-order valence-corrected chi connectivity index (χ3v) is 4.67. The number of rotatable bonds is 4. The number of pyridine rings is 2. The minimum atomic E-state index is -0.367. The number of nitrogens with zero attached hydrogens (tertiary/aromatic N) is 4.